The van der Waals surface area contributed by atoms with Crippen LogP contribution >= 0.6 is 0 Å². The van der Waals surface area contributed by atoms with Gasteiger partial charge in [0.15, 0.2) is 0 Å². The summed E-state index contributed by atoms with van der Waals surface area (Å²) in [6.45, 7) is 0.527. The van der Waals surface area contributed by atoms with Gasteiger partial charge in [0, 0.05) is 17.8 Å². The van der Waals surface area contributed by atoms with Crippen molar-refractivity contribution in [1.82, 2.24) is 14.8 Å². The van der Waals surface area contributed by atoms with E-state index in [9.17, 15) is 0 Å². The monoisotopic (exact) mass is 387 g/mol. The lowest BCUT2D eigenvalue weighted by molar-refractivity contribution is 0.306. The fraction of sp³-hybridized carbons (Fsp3) is 0.130. The second-order valence-electron chi connectivity index (χ2n) is 6.31. The first-order chi connectivity index (χ1) is 14.3. The van der Waals surface area contributed by atoms with E-state index in [1.54, 1.807) is 25.1 Å². The zero-order valence-corrected chi connectivity index (χ0v) is 16.3. The summed E-state index contributed by atoms with van der Waals surface area (Å²) in [6, 6.07) is 23.6. The van der Waals surface area contributed by atoms with Gasteiger partial charge in [0.1, 0.15) is 18.0 Å². The van der Waals surface area contributed by atoms with Crippen LogP contribution in [-0.4, -0.2) is 29.0 Å². The normalized spacial score (nSPS) is 10.6. The number of aromatic nitrogens is 3. The third-order valence-electron chi connectivity index (χ3n) is 4.47. The van der Waals surface area contributed by atoms with Crippen molar-refractivity contribution in [3.63, 3.8) is 0 Å². The van der Waals surface area contributed by atoms with E-state index in [1.807, 2.05) is 72.8 Å². The zero-order valence-electron chi connectivity index (χ0n) is 16.3. The van der Waals surface area contributed by atoms with E-state index in [4.69, 9.17) is 14.2 Å². The Labute approximate surface area is 169 Å². The van der Waals surface area contributed by atoms with Gasteiger partial charge in [0.05, 0.1) is 19.9 Å². The van der Waals surface area contributed by atoms with Crippen molar-refractivity contribution in [2.24, 2.45) is 0 Å². The van der Waals surface area contributed by atoms with Crippen molar-refractivity contribution < 1.29 is 14.2 Å². The van der Waals surface area contributed by atoms with Gasteiger partial charge < -0.3 is 14.2 Å². The highest BCUT2D eigenvalue weighted by molar-refractivity contribution is 5.65. The smallest absolute Gasteiger partial charge is 0.239 e. The van der Waals surface area contributed by atoms with Crippen LogP contribution in [-0.2, 0) is 6.61 Å². The number of hydrogen-bond acceptors (Lipinski definition) is 5. The van der Waals surface area contributed by atoms with Crippen molar-refractivity contribution >= 4 is 0 Å². The van der Waals surface area contributed by atoms with E-state index in [1.165, 1.54) is 0 Å². The molecule has 0 unspecified atom stereocenters. The van der Waals surface area contributed by atoms with E-state index in [0.717, 1.165) is 28.3 Å². The number of rotatable bonds is 7. The molecular weight excluding hydrogens is 366 g/mol. The van der Waals surface area contributed by atoms with Crippen LogP contribution < -0.4 is 14.2 Å². The maximum atomic E-state index is 5.88. The number of ether oxygens (including phenoxy) is 3. The molecule has 6 heteroatoms. The Morgan fingerprint density at radius 1 is 0.862 bits per heavy atom. The lowest BCUT2D eigenvalue weighted by Crippen LogP contribution is -2.03. The van der Waals surface area contributed by atoms with Crippen molar-refractivity contribution in [1.29, 1.82) is 0 Å². The van der Waals surface area contributed by atoms with Crippen molar-refractivity contribution in [2.45, 2.75) is 6.61 Å². The quantitative estimate of drug-likeness (QED) is 0.466. The number of nitrogens with zero attached hydrogens (tertiary/aromatic N) is 3. The van der Waals surface area contributed by atoms with Gasteiger partial charge in [-0.25, -0.2) is 9.67 Å². The lowest BCUT2D eigenvalue weighted by Gasteiger charge is -2.11. The lowest BCUT2D eigenvalue weighted by atomic mass is 10.1. The van der Waals surface area contributed by atoms with Crippen LogP contribution in [0.1, 0.15) is 5.56 Å². The molecule has 2 aromatic heterocycles. The fourth-order valence-electron chi connectivity index (χ4n) is 3.01. The molecule has 2 heterocycles. The number of pyridine rings is 1. The zero-order chi connectivity index (χ0) is 20.1. The SMILES string of the molecule is COc1cc(-c2ccc(OCc3ccccc3)cc2)n(-c2cccnc2OC)n1. The van der Waals surface area contributed by atoms with E-state index >= 15 is 0 Å². The highest BCUT2D eigenvalue weighted by Gasteiger charge is 2.16. The fourth-order valence-corrected chi connectivity index (χ4v) is 3.01. The van der Waals surface area contributed by atoms with Gasteiger partial charge in [0.25, 0.3) is 0 Å². The van der Waals surface area contributed by atoms with E-state index in [0.29, 0.717) is 18.4 Å². The van der Waals surface area contributed by atoms with Gasteiger partial charge in [-0.15, -0.1) is 5.10 Å². The topological polar surface area (TPSA) is 58.4 Å². The molecule has 0 saturated carbocycles. The molecule has 0 bridgehead atoms. The second kappa shape index (κ2) is 8.48. The predicted octanol–water partition coefficient (Wildman–Crippen LogP) is 4.53. The molecule has 0 saturated heterocycles. The standard InChI is InChI=1S/C23H21N3O3/c1-27-22-15-21(26(25-22)20-9-6-14-24-23(20)28-2)18-10-12-19(13-11-18)29-16-17-7-4-3-5-8-17/h3-15H,16H2,1-2H3. The third kappa shape index (κ3) is 4.06. The molecule has 0 atom stereocenters. The average molecular weight is 387 g/mol. The number of hydrogen-bond donors (Lipinski definition) is 0. The van der Waals surface area contributed by atoms with E-state index in [-0.39, 0.29) is 0 Å². The first-order valence-corrected chi connectivity index (χ1v) is 9.19. The largest absolute Gasteiger partial charge is 0.489 e. The first kappa shape index (κ1) is 18.6. The summed E-state index contributed by atoms with van der Waals surface area (Å²) < 4.78 is 18.4. The molecular formula is C23H21N3O3. The Morgan fingerprint density at radius 2 is 1.66 bits per heavy atom. The van der Waals surface area contributed by atoms with Crippen LogP contribution in [0.2, 0.25) is 0 Å². The summed E-state index contributed by atoms with van der Waals surface area (Å²) in [6.07, 6.45) is 1.68. The predicted molar refractivity (Wildman–Crippen MR) is 111 cm³/mol. The maximum absolute atomic E-state index is 5.88. The third-order valence-corrected chi connectivity index (χ3v) is 4.47. The van der Waals surface area contributed by atoms with Gasteiger partial charge in [0.2, 0.25) is 11.8 Å². The summed E-state index contributed by atoms with van der Waals surface area (Å²) in [7, 11) is 3.18. The maximum Gasteiger partial charge on any atom is 0.239 e. The van der Waals surface area contributed by atoms with Crippen LogP contribution in [0.4, 0.5) is 0 Å². The Balaban J connectivity index is 1.62. The van der Waals surface area contributed by atoms with Crippen LogP contribution in [0, 0.1) is 0 Å². The number of methoxy groups -OCH3 is 2. The Bertz CT molecular complexity index is 1080. The van der Waals surface area contributed by atoms with Gasteiger partial charge in [-0.05, 0) is 42.0 Å². The summed E-state index contributed by atoms with van der Waals surface area (Å²) in [5.74, 6) is 1.80. The van der Waals surface area contributed by atoms with Gasteiger partial charge >= 0.3 is 0 Å². The van der Waals surface area contributed by atoms with Crippen LogP contribution in [0.15, 0.2) is 79.0 Å². The molecule has 6 nitrogen and oxygen atoms in total. The Morgan fingerprint density at radius 3 is 2.38 bits per heavy atom. The highest BCUT2D eigenvalue weighted by atomic mass is 16.5. The molecule has 0 aliphatic rings. The molecule has 146 valence electrons. The van der Waals surface area contributed by atoms with Crippen molar-refractivity contribution in [3.8, 4) is 34.5 Å². The summed E-state index contributed by atoms with van der Waals surface area (Å²) in [5.41, 5.74) is 3.70. The van der Waals surface area contributed by atoms with Gasteiger partial charge in [-0.3, -0.25) is 0 Å². The minimum atomic E-state index is 0.488. The van der Waals surface area contributed by atoms with Gasteiger partial charge in [-0.1, -0.05) is 30.3 Å². The molecule has 0 radical (unpaired) electrons. The van der Waals surface area contributed by atoms with Crippen LogP contribution in [0.25, 0.3) is 16.9 Å². The van der Waals surface area contributed by atoms with Gasteiger partial charge in [-0.2, -0.15) is 0 Å². The first-order valence-electron chi connectivity index (χ1n) is 9.19. The number of benzene rings is 2. The van der Waals surface area contributed by atoms with Crippen LogP contribution in [0.5, 0.6) is 17.5 Å². The van der Waals surface area contributed by atoms with Crippen LogP contribution in [0.3, 0.4) is 0 Å². The van der Waals surface area contributed by atoms with Crippen molar-refractivity contribution in [2.75, 3.05) is 14.2 Å². The van der Waals surface area contributed by atoms with Crippen molar-refractivity contribution in [3.05, 3.63) is 84.6 Å². The molecule has 2 aromatic carbocycles. The molecule has 4 rings (SSSR count). The Hall–Kier alpha value is -3.80. The average Bonchev–Trinajstić information content (AvgIpc) is 3.23. The summed E-state index contributed by atoms with van der Waals surface area (Å²) >= 11 is 0. The molecule has 4 aromatic rings. The molecule has 0 N–H and O–H groups in total. The van der Waals surface area contributed by atoms with E-state index < -0.39 is 0 Å². The second-order valence-corrected chi connectivity index (χ2v) is 6.31. The molecule has 0 spiro atoms. The molecule has 29 heavy (non-hydrogen) atoms. The molecule has 0 aliphatic heterocycles. The molecule has 0 fully saturated rings. The van der Waals surface area contributed by atoms with E-state index in [2.05, 4.69) is 10.1 Å². The minimum Gasteiger partial charge on any atom is -0.489 e. The molecule has 0 aliphatic carbocycles. The summed E-state index contributed by atoms with van der Waals surface area (Å²) in [4.78, 5) is 4.27. The summed E-state index contributed by atoms with van der Waals surface area (Å²) in [5, 5.41) is 4.53. The highest BCUT2D eigenvalue weighted by Crippen LogP contribution is 2.31. The Kier molecular flexibility index (Phi) is 5.42. The minimum absolute atomic E-state index is 0.488. The molecule has 0 amide bonds.